The van der Waals surface area contributed by atoms with Crippen LogP contribution in [0.25, 0.3) is 10.8 Å². The highest BCUT2D eigenvalue weighted by molar-refractivity contribution is 5.95. The highest BCUT2D eigenvalue weighted by Crippen LogP contribution is 2.64. The van der Waals surface area contributed by atoms with Gasteiger partial charge < -0.3 is 18.9 Å². The van der Waals surface area contributed by atoms with Gasteiger partial charge in [0.05, 0.1) is 13.2 Å². The Morgan fingerprint density at radius 2 is 1.10 bits per heavy atom. The van der Waals surface area contributed by atoms with Gasteiger partial charge in [-0.2, -0.15) is 0 Å². The average Bonchev–Trinajstić information content (AvgIpc) is 3.84. The van der Waals surface area contributed by atoms with Gasteiger partial charge in [0, 0.05) is 16.3 Å². The number of ether oxygens (including phenoxy) is 4. The van der Waals surface area contributed by atoms with E-state index < -0.39 is 0 Å². The summed E-state index contributed by atoms with van der Waals surface area (Å²) in [5.74, 6) is 7.75. The monoisotopic (exact) mass is 540 g/mol. The van der Waals surface area contributed by atoms with Crippen molar-refractivity contribution in [1.29, 1.82) is 0 Å². The van der Waals surface area contributed by atoms with Crippen molar-refractivity contribution in [3.63, 3.8) is 0 Å². The zero-order valence-electron chi connectivity index (χ0n) is 23.9. The number of epoxide rings is 2. The Balaban J connectivity index is 1.14. The molecule has 2 aromatic carbocycles. The molecule has 8 bridgehead atoms. The summed E-state index contributed by atoms with van der Waals surface area (Å²) in [7, 11) is 0. The van der Waals surface area contributed by atoms with Gasteiger partial charge in [-0.1, -0.05) is 12.1 Å². The van der Waals surface area contributed by atoms with E-state index in [1.54, 1.807) is 5.56 Å². The minimum atomic E-state index is 0.257. The number of rotatable bonds is 8. The molecule has 0 aromatic heterocycles. The van der Waals surface area contributed by atoms with Crippen molar-refractivity contribution in [3.8, 4) is 11.5 Å². The molecule has 0 N–H and O–H groups in total. The first-order valence-electron chi connectivity index (χ1n) is 16.7. The standard InChI is InChI=1S/C36H44O4/c1-2-32(36-14-24-6-25(15-36)8-26(7-24)16-36)34(40-20-29-18-38-29)31-9-27(10-33(30(1)31)39-19-28-17-37-28)35-11-21-3-22(12-35)5-23(4-21)13-35/h1-2,9-10,21-26,28-29H,3-8,11-20H2. The molecule has 2 saturated heterocycles. The summed E-state index contributed by atoms with van der Waals surface area (Å²) in [6.07, 6.45) is 17.5. The van der Waals surface area contributed by atoms with Crippen LogP contribution in [0.15, 0.2) is 24.3 Å². The third kappa shape index (κ3) is 3.77. The second kappa shape index (κ2) is 8.40. The summed E-state index contributed by atoms with van der Waals surface area (Å²) in [4.78, 5) is 0. The third-order valence-corrected chi connectivity index (χ3v) is 13.0. The maximum absolute atomic E-state index is 6.93. The predicted molar refractivity (Wildman–Crippen MR) is 154 cm³/mol. The molecule has 0 spiro atoms. The molecule has 2 aliphatic heterocycles. The van der Waals surface area contributed by atoms with Gasteiger partial charge in [-0.3, -0.25) is 0 Å². The van der Waals surface area contributed by atoms with Crippen molar-refractivity contribution in [3.05, 3.63) is 35.4 Å². The molecule has 0 radical (unpaired) electrons. The van der Waals surface area contributed by atoms with Crippen molar-refractivity contribution in [2.45, 2.75) is 100 Å². The quantitative estimate of drug-likeness (QED) is 0.329. The normalized spacial score (nSPS) is 45.3. The van der Waals surface area contributed by atoms with Gasteiger partial charge in [0.25, 0.3) is 0 Å². The van der Waals surface area contributed by atoms with E-state index >= 15 is 0 Å². The summed E-state index contributed by atoms with van der Waals surface area (Å²) < 4.78 is 24.8. The molecule has 8 saturated carbocycles. The first-order valence-corrected chi connectivity index (χ1v) is 16.7. The van der Waals surface area contributed by atoms with Gasteiger partial charge in [-0.25, -0.2) is 0 Å². The number of benzene rings is 2. The molecule has 10 aliphatic rings. The van der Waals surface area contributed by atoms with Crippen molar-refractivity contribution in [2.75, 3.05) is 26.4 Å². The van der Waals surface area contributed by atoms with Crippen molar-refractivity contribution in [2.24, 2.45) is 35.5 Å². The number of fused-ring (bicyclic) bond motifs is 1. The molecule has 2 unspecified atom stereocenters. The Kier molecular flexibility index (Phi) is 4.99. The Morgan fingerprint density at radius 1 is 0.600 bits per heavy atom. The van der Waals surface area contributed by atoms with Gasteiger partial charge in [0.2, 0.25) is 0 Å². The van der Waals surface area contributed by atoms with E-state index in [1.807, 2.05) is 0 Å². The zero-order valence-corrected chi connectivity index (χ0v) is 23.9. The van der Waals surface area contributed by atoms with Crippen molar-refractivity contribution in [1.82, 2.24) is 0 Å². The van der Waals surface area contributed by atoms with E-state index in [0.717, 1.165) is 54.5 Å². The largest absolute Gasteiger partial charge is 0.490 e. The fourth-order valence-corrected chi connectivity index (χ4v) is 12.0. The maximum Gasteiger partial charge on any atom is 0.131 e. The van der Waals surface area contributed by atoms with E-state index in [1.165, 1.54) is 99.1 Å². The van der Waals surface area contributed by atoms with Crippen LogP contribution in [0.3, 0.4) is 0 Å². The molecular weight excluding hydrogens is 496 g/mol. The Morgan fingerprint density at radius 3 is 1.62 bits per heavy atom. The molecule has 4 heteroatoms. The van der Waals surface area contributed by atoms with E-state index in [9.17, 15) is 0 Å². The first-order chi connectivity index (χ1) is 19.6. The minimum Gasteiger partial charge on any atom is -0.490 e. The lowest BCUT2D eigenvalue weighted by molar-refractivity contribution is -0.00635. The third-order valence-electron chi connectivity index (χ3n) is 13.0. The number of hydrogen-bond donors (Lipinski definition) is 0. The molecule has 4 nitrogen and oxygen atoms in total. The lowest BCUT2D eigenvalue weighted by Gasteiger charge is -2.57. The molecule has 2 heterocycles. The van der Waals surface area contributed by atoms with E-state index in [4.69, 9.17) is 18.9 Å². The van der Waals surface area contributed by atoms with E-state index in [-0.39, 0.29) is 12.2 Å². The smallest absolute Gasteiger partial charge is 0.131 e. The van der Waals surface area contributed by atoms with Crippen LogP contribution in [-0.4, -0.2) is 38.6 Å². The van der Waals surface area contributed by atoms with Crippen LogP contribution < -0.4 is 9.47 Å². The van der Waals surface area contributed by atoms with Crippen LogP contribution in [0, 0.1) is 35.5 Å². The van der Waals surface area contributed by atoms with Crippen LogP contribution in [-0.2, 0) is 20.3 Å². The zero-order chi connectivity index (χ0) is 26.1. The summed E-state index contributed by atoms with van der Waals surface area (Å²) >= 11 is 0. The lowest BCUT2D eigenvalue weighted by atomic mass is 9.47. The molecule has 2 atom stereocenters. The molecule has 40 heavy (non-hydrogen) atoms. The highest BCUT2D eigenvalue weighted by Gasteiger charge is 2.54. The minimum absolute atomic E-state index is 0.257. The van der Waals surface area contributed by atoms with Crippen LogP contribution in [0.4, 0.5) is 0 Å². The van der Waals surface area contributed by atoms with Crippen molar-refractivity contribution < 1.29 is 18.9 Å². The first kappa shape index (κ1) is 23.7. The predicted octanol–water partition coefficient (Wildman–Crippen LogP) is 7.33. The Bertz CT molecular complexity index is 1280. The van der Waals surface area contributed by atoms with E-state index in [0.29, 0.717) is 24.0 Å². The Labute approximate surface area is 238 Å². The van der Waals surface area contributed by atoms with Gasteiger partial charge in [0.15, 0.2) is 0 Å². The lowest BCUT2D eigenvalue weighted by Crippen LogP contribution is -2.48. The van der Waals surface area contributed by atoms with Gasteiger partial charge in [0.1, 0.15) is 36.9 Å². The molecule has 12 rings (SSSR count). The highest BCUT2D eigenvalue weighted by atomic mass is 16.6. The van der Waals surface area contributed by atoms with Crippen LogP contribution in [0.5, 0.6) is 11.5 Å². The van der Waals surface area contributed by atoms with Gasteiger partial charge in [-0.15, -0.1) is 0 Å². The molecule has 212 valence electrons. The van der Waals surface area contributed by atoms with Crippen molar-refractivity contribution >= 4 is 10.8 Å². The van der Waals surface area contributed by atoms with Gasteiger partial charge in [-0.05, 0) is 141 Å². The second-order valence-electron chi connectivity index (χ2n) is 15.9. The van der Waals surface area contributed by atoms with Crippen LogP contribution in [0.2, 0.25) is 0 Å². The second-order valence-corrected chi connectivity index (χ2v) is 15.9. The fraction of sp³-hybridized carbons (Fsp3) is 0.722. The Hall–Kier alpha value is -1.78. The molecule has 2 aromatic rings. The summed E-state index contributed by atoms with van der Waals surface area (Å²) in [5, 5.41) is 2.54. The molecule has 8 aliphatic carbocycles. The molecular formula is C36H44O4. The van der Waals surface area contributed by atoms with E-state index in [2.05, 4.69) is 24.3 Å². The van der Waals surface area contributed by atoms with Crippen LogP contribution in [0.1, 0.15) is 88.2 Å². The summed E-state index contributed by atoms with van der Waals surface area (Å²) in [5.41, 5.74) is 3.67. The maximum atomic E-state index is 6.93. The summed E-state index contributed by atoms with van der Waals surface area (Å²) in [6.45, 7) is 3.00. The van der Waals surface area contributed by atoms with Crippen LogP contribution >= 0.6 is 0 Å². The SMILES string of the molecule is c1cc2c(OCC3CO3)cc(C34CC5CC(CC(C5)C3)C4)cc2c(OCC2CO2)c1C12CC3CC(CC(C3)C1)C2. The van der Waals surface area contributed by atoms with Gasteiger partial charge >= 0.3 is 0 Å². The molecule has 0 amide bonds. The topological polar surface area (TPSA) is 43.5 Å². The summed E-state index contributed by atoms with van der Waals surface area (Å²) in [6, 6.07) is 9.91. The average molecular weight is 541 g/mol. The fourth-order valence-electron chi connectivity index (χ4n) is 12.0. The number of hydrogen-bond acceptors (Lipinski definition) is 4. The molecule has 10 fully saturated rings.